The maximum absolute atomic E-state index is 4.64. The lowest BCUT2D eigenvalue weighted by Gasteiger charge is -1.97. The molecule has 0 saturated heterocycles. The predicted octanol–water partition coefficient (Wildman–Crippen LogP) is 4.28. The first-order chi connectivity index (χ1) is 7.79. The number of thiazole rings is 1. The molecule has 1 aromatic carbocycles. The quantitative estimate of drug-likeness (QED) is 0.764. The fourth-order valence-electron chi connectivity index (χ4n) is 1.56. The van der Waals surface area contributed by atoms with E-state index < -0.39 is 0 Å². The average molecular weight is 230 g/mol. The fraction of sp³-hybridized carbons (Fsp3) is 0.286. The van der Waals surface area contributed by atoms with E-state index in [9.17, 15) is 0 Å². The molecule has 0 unspecified atom stereocenters. The number of benzene rings is 1. The van der Waals surface area contributed by atoms with Crippen LogP contribution >= 0.6 is 11.3 Å². The molecular formula is C14H16NS. The highest BCUT2D eigenvalue weighted by Crippen LogP contribution is 2.23. The van der Waals surface area contributed by atoms with Gasteiger partial charge in [-0.15, -0.1) is 11.3 Å². The summed E-state index contributed by atoms with van der Waals surface area (Å²) in [6.07, 6.45) is 3.17. The zero-order chi connectivity index (χ0) is 11.4. The summed E-state index contributed by atoms with van der Waals surface area (Å²) < 4.78 is 0. The van der Waals surface area contributed by atoms with Gasteiger partial charge in [0.2, 0.25) is 0 Å². The third-order valence-corrected chi connectivity index (χ3v) is 3.45. The van der Waals surface area contributed by atoms with Gasteiger partial charge >= 0.3 is 0 Å². The van der Waals surface area contributed by atoms with Crippen LogP contribution in [0.2, 0.25) is 0 Å². The molecule has 1 radical (unpaired) electrons. The molecule has 0 amide bonds. The summed E-state index contributed by atoms with van der Waals surface area (Å²) >= 11 is 1.75. The first-order valence-electron chi connectivity index (χ1n) is 5.60. The van der Waals surface area contributed by atoms with Crippen LogP contribution in [0.3, 0.4) is 0 Å². The van der Waals surface area contributed by atoms with E-state index in [1.54, 1.807) is 11.3 Å². The van der Waals surface area contributed by atoms with Gasteiger partial charge in [-0.2, -0.15) is 0 Å². The van der Waals surface area contributed by atoms with E-state index in [0.29, 0.717) is 0 Å². The van der Waals surface area contributed by atoms with E-state index in [1.165, 1.54) is 16.1 Å². The van der Waals surface area contributed by atoms with Gasteiger partial charge in [-0.05, 0) is 19.8 Å². The van der Waals surface area contributed by atoms with Gasteiger partial charge in [0.25, 0.3) is 0 Å². The molecular weight excluding hydrogens is 214 g/mol. The molecule has 0 spiro atoms. The minimum absolute atomic E-state index is 0.986. The molecule has 1 heterocycles. The topological polar surface area (TPSA) is 12.9 Å². The monoisotopic (exact) mass is 230 g/mol. The lowest BCUT2D eigenvalue weighted by molar-refractivity contribution is 0.834. The number of aryl methyl sites for hydroxylation is 2. The van der Waals surface area contributed by atoms with Crippen molar-refractivity contribution in [3.63, 3.8) is 0 Å². The van der Waals surface area contributed by atoms with Crippen molar-refractivity contribution in [2.75, 3.05) is 0 Å². The van der Waals surface area contributed by atoms with Crippen molar-refractivity contribution >= 4 is 11.3 Å². The van der Waals surface area contributed by atoms with E-state index in [1.807, 2.05) is 0 Å². The van der Waals surface area contributed by atoms with E-state index in [-0.39, 0.29) is 0 Å². The lowest BCUT2D eigenvalue weighted by atomic mass is 10.1. The van der Waals surface area contributed by atoms with Crippen LogP contribution in [0.1, 0.15) is 23.4 Å². The largest absolute Gasteiger partial charge is 0.241 e. The highest BCUT2D eigenvalue weighted by atomic mass is 32.1. The molecule has 2 aromatic rings. The summed E-state index contributed by atoms with van der Waals surface area (Å²) in [5.41, 5.74) is 3.60. The maximum atomic E-state index is 4.64. The molecule has 2 rings (SSSR count). The van der Waals surface area contributed by atoms with Crippen molar-refractivity contribution in [3.05, 3.63) is 47.1 Å². The van der Waals surface area contributed by atoms with Crippen LogP contribution in [0.4, 0.5) is 0 Å². The molecule has 0 aliphatic rings. The van der Waals surface area contributed by atoms with Crippen molar-refractivity contribution in [2.24, 2.45) is 0 Å². The molecule has 1 aromatic heterocycles. The van der Waals surface area contributed by atoms with Gasteiger partial charge in [0.15, 0.2) is 0 Å². The SMILES string of the molecule is [CH2]CCCc1nc(-c2ccc(C)cc2)cs1. The highest BCUT2D eigenvalue weighted by molar-refractivity contribution is 7.09. The van der Waals surface area contributed by atoms with Crippen molar-refractivity contribution in [2.45, 2.75) is 26.2 Å². The number of nitrogens with zero attached hydrogens (tertiary/aromatic N) is 1. The fourth-order valence-corrected chi connectivity index (χ4v) is 2.41. The normalized spacial score (nSPS) is 10.6. The Morgan fingerprint density at radius 3 is 2.69 bits per heavy atom. The molecule has 83 valence electrons. The molecule has 0 bridgehead atoms. The predicted molar refractivity (Wildman–Crippen MR) is 70.6 cm³/mol. The van der Waals surface area contributed by atoms with Gasteiger partial charge < -0.3 is 0 Å². The van der Waals surface area contributed by atoms with Crippen LogP contribution in [0.25, 0.3) is 11.3 Å². The first kappa shape index (κ1) is 11.3. The molecule has 0 aliphatic carbocycles. The van der Waals surface area contributed by atoms with Gasteiger partial charge in [-0.25, -0.2) is 4.98 Å². The van der Waals surface area contributed by atoms with Crippen LogP contribution in [0.15, 0.2) is 29.6 Å². The Bertz CT molecular complexity index is 442. The van der Waals surface area contributed by atoms with Gasteiger partial charge in [0.05, 0.1) is 10.7 Å². The van der Waals surface area contributed by atoms with Crippen LogP contribution in [-0.4, -0.2) is 4.98 Å². The van der Waals surface area contributed by atoms with Crippen LogP contribution in [0.5, 0.6) is 0 Å². The van der Waals surface area contributed by atoms with Gasteiger partial charge in [-0.3, -0.25) is 0 Å². The smallest absolute Gasteiger partial charge is 0.0932 e. The Morgan fingerprint density at radius 1 is 1.25 bits per heavy atom. The standard InChI is InChI=1S/C14H16NS/c1-3-4-5-14-15-13(10-16-14)12-8-6-11(2)7-9-12/h6-10H,1,3-5H2,2H3. The zero-order valence-electron chi connectivity index (χ0n) is 9.57. The van der Waals surface area contributed by atoms with Crippen molar-refractivity contribution in [1.82, 2.24) is 4.98 Å². The molecule has 0 saturated carbocycles. The maximum Gasteiger partial charge on any atom is 0.0932 e. The second-order valence-electron chi connectivity index (χ2n) is 3.95. The first-order valence-corrected chi connectivity index (χ1v) is 6.48. The van der Waals surface area contributed by atoms with E-state index in [2.05, 4.69) is 48.5 Å². The van der Waals surface area contributed by atoms with Crippen LogP contribution < -0.4 is 0 Å². The Kier molecular flexibility index (Phi) is 3.73. The van der Waals surface area contributed by atoms with E-state index >= 15 is 0 Å². The number of hydrogen-bond donors (Lipinski definition) is 0. The Hall–Kier alpha value is -1.15. The third kappa shape index (κ3) is 2.70. The summed E-state index contributed by atoms with van der Waals surface area (Å²) in [6.45, 7) is 5.95. The van der Waals surface area contributed by atoms with Crippen LogP contribution in [-0.2, 0) is 6.42 Å². The summed E-state index contributed by atoms with van der Waals surface area (Å²) in [4.78, 5) is 4.64. The second kappa shape index (κ2) is 5.26. The number of hydrogen-bond acceptors (Lipinski definition) is 2. The minimum atomic E-state index is 0.986. The van der Waals surface area contributed by atoms with Crippen molar-refractivity contribution in [1.29, 1.82) is 0 Å². The zero-order valence-corrected chi connectivity index (χ0v) is 10.4. The molecule has 2 heteroatoms. The molecule has 0 N–H and O–H groups in total. The molecule has 0 atom stereocenters. The molecule has 16 heavy (non-hydrogen) atoms. The summed E-state index contributed by atoms with van der Waals surface area (Å²) in [5, 5.41) is 3.36. The Morgan fingerprint density at radius 2 is 2.00 bits per heavy atom. The number of unbranched alkanes of at least 4 members (excludes halogenated alkanes) is 1. The van der Waals surface area contributed by atoms with Gasteiger partial charge in [-0.1, -0.05) is 43.2 Å². The summed E-state index contributed by atoms with van der Waals surface area (Å²) in [5.74, 6) is 0. The Labute approximate surface area is 101 Å². The Balaban J connectivity index is 2.15. The second-order valence-corrected chi connectivity index (χ2v) is 4.89. The van der Waals surface area contributed by atoms with Crippen molar-refractivity contribution in [3.8, 4) is 11.3 Å². The summed E-state index contributed by atoms with van der Waals surface area (Å²) in [6, 6.07) is 8.53. The highest BCUT2D eigenvalue weighted by Gasteiger charge is 2.03. The van der Waals surface area contributed by atoms with Gasteiger partial charge in [0, 0.05) is 10.9 Å². The molecule has 0 fully saturated rings. The third-order valence-electron chi connectivity index (χ3n) is 2.54. The van der Waals surface area contributed by atoms with E-state index in [4.69, 9.17) is 0 Å². The minimum Gasteiger partial charge on any atom is -0.241 e. The number of rotatable bonds is 4. The molecule has 0 aliphatic heterocycles. The van der Waals surface area contributed by atoms with Crippen LogP contribution in [0, 0.1) is 13.8 Å². The van der Waals surface area contributed by atoms with E-state index in [0.717, 1.165) is 25.0 Å². The lowest BCUT2D eigenvalue weighted by Crippen LogP contribution is -1.84. The molecule has 1 nitrogen and oxygen atoms in total. The average Bonchev–Trinajstić information content (AvgIpc) is 2.76. The van der Waals surface area contributed by atoms with Crippen molar-refractivity contribution < 1.29 is 0 Å². The van der Waals surface area contributed by atoms with Gasteiger partial charge in [0.1, 0.15) is 0 Å². The summed E-state index contributed by atoms with van der Waals surface area (Å²) in [7, 11) is 0. The number of aromatic nitrogens is 1.